The van der Waals surface area contributed by atoms with Crippen molar-refractivity contribution in [2.75, 3.05) is 6.61 Å². The van der Waals surface area contributed by atoms with Gasteiger partial charge in [0.15, 0.2) is 5.79 Å². The van der Waals surface area contributed by atoms with Crippen LogP contribution in [-0.2, 0) is 14.2 Å². The molecule has 10 atom stereocenters. The van der Waals surface area contributed by atoms with E-state index >= 15 is 0 Å². The molecule has 2 saturated carbocycles. The Balaban J connectivity index is 1.14. The average Bonchev–Trinajstić information content (AvgIpc) is 3.17. The smallest absolute Gasteiger partial charge is 0.338 e. The summed E-state index contributed by atoms with van der Waals surface area (Å²) in [4.78, 5) is 23.2. The van der Waals surface area contributed by atoms with Crippen molar-refractivity contribution in [1.29, 1.82) is 0 Å². The highest BCUT2D eigenvalue weighted by Gasteiger charge is 2.61. The summed E-state index contributed by atoms with van der Waals surface area (Å²) in [6.45, 7) is 7.86. The molecule has 37 heavy (non-hydrogen) atoms. The molecule has 3 aliphatic carbocycles. The van der Waals surface area contributed by atoms with Gasteiger partial charge in [0.1, 0.15) is 6.10 Å². The Morgan fingerprint density at radius 1 is 1.08 bits per heavy atom. The highest BCUT2D eigenvalue weighted by molar-refractivity contribution is 5.89. The molecular weight excluding hydrogens is 470 g/mol. The van der Waals surface area contributed by atoms with E-state index in [9.17, 15) is 14.9 Å². The molecule has 2 heterocycles. The van der Waals surface area contributed by atoms with Crippen LogP contribution < -0.4 is 0 Å². The molecule has 5 aliphatic rings. The van der Waals surface area contributed by atoms with Crippen LogP contribution in [0, 0.1) is 51.0 Å². The first kappa shape index (κ1) is 25.1. The molecule has 7 nitrogen and oxygen atoms in total. The molecule has 1 aromatic carbocycles. The fraction of sp³-hybridized carbons (Fsp3) is 0.700. The maximum absolute atomic E-state index is 12.7. The third kappa shape index (κ3) is 4.13. The number of hydrogen-bond acceptors (Lipinski definition) is 6. The zero-order valence-electron chi connectivity index (χ0n) is 22.1. The zero-order chi connectivity index (χ0) is 25.9. The molecule has 2 aliphatic heterocycles. The lowest BCUT2D eigenvalue weighted by atomic mass is 9.50. The number of nitrogens with zero attached hydrogens (tertiary/aromatic N) is 1. The normalized spacial score (nSPS) is 44.5. The van der Waals surface area contributed by atoms with Gasteiger partial charge in [0, 0.05) is 30.4 Å². The molecule has 200 valence electrons. The Hall–Kier alpha value is -2.25. The van der Waals surface area contributed by atoms with Crippen LogP contribution in [0.2, 0.25) is 0 Å². The summed E-state index contributed by atoms with van der Waals surface area (Å²) in [5, 5.41) is 10.9. The second kappa shape index (κ2) is 9.19. The lowest BCUT2D eigenvalue weighted by Gasteiger charge is -2.55. The molecule has 1 aromatic rings. The van der Waals surface area contributed by atoms with E-state index in [4.69, 9.17) is 14.2 Å². The average molecular weight is 510 g/mol. The van der Waals surface area contributed by atoms with E-state index in [1.54, 1.807) is 0 Å². The molecule has 0 amide bonds. The molecule has 0 aromatic heterocycles. The molecule has 0 N–H and O–H groups in total. The summed E-state index contributed by atoms with van der Waals surface area (Å²) in [7, 11) is 0. The van der Waals surface area contributed by atoms with Crippen molar-refractivity contribution in [2.45, 2.75) is 83.7 Å². The Kier molecular flexibility index (Phi) is 6.22. The van der Waals surface area contributed by atoms with Gasteiger partial charge in [0.25, 0.3) is 5.69 Å². The molecule has 7 heteroatoms. The zero-order valence-corrected chi connectivity index (χ0v) is 22.1. The highest BCUT2D eigenvalue weighted by atomic mass is 16.7. The van der Waals surface area contributed by atoms with Gasteiger partial charge in [-0.05, 0) is 79.7 Å². The summed E-state index contributed by atoms with van der Waals surface area (Å²) < 4.78 is 19.2. The van der Waals surface area contributed by atoms with Crippen LogP contribution in [0.1, 0.15) is 76.1 Å². The standard InChI is InChI=1S/C30H39NO6/c1-18-12-15-30(35-17-18)19(2)24-10-11-26-25(27(24)37-30)9-6-21-16-23(13-14-29(21,26)3)36-28(32)20-4-7-22(8-5-20)31(33)34/h4-9,18-19,21,23-27H,10-17H2,1-3H3. The van der Waals surface area contributed by atoms with Crippen molar-refractivity contribution in [3.63, 3.8) is 0 Å². The van der Waals surface area contributed by atoms with E-state index in [-0.39, 0.29) is 23.3 Å². The number of hydrogen-bond donors (Lipinski definition) is 0. The summed E-state index contributed by atoms with van der Waals surface area (Å²) >= 11 is 0. The van der Waals surface area contributed by atoms with Crippen molar-refractivity contribution in [1.82, 2.24) is 0 Å². The molecule has 10 unspecified atom stereocenters. The lowest BCUT2D eigenvalue weighted by Crippen LogP contribution is -2.52. The van der Waals surface area contributed by atoms with E-state index in [1.807, 2.05) is 0 Å². The number of carbonyl (C=O) groups excluding carboxylic acids is 1. The maximum Gasteiger partial charge on any atom is 0.338 e. The minimum atomic E-state index is -0.465. The largest absolute Gasteiger partial charge is 0.459 e. The van der Waals surface area contributed by atoms with E-state index in [0.29, 0.717) is 41.1 Å². The van der Waals surface area contributed by atoms with E-state index in [1.165, 1.54) is 43.5 Å². The number of nitro benzene ring substituents is 1. The fourth-order valence-corrected chi connectivity index (χ4v) is 8.35. The summed E-state index contributed by atoms with van der Waals surface area (Å²) in [6.07, 6.45) is 12.2. The number of rotatable bonds is 3. The fourth-order valence-electron chi connectivity index (χ4n) is 8.35. The van der Waals surface area contributed by atoms with Crippen molar-refractivity contribution in [3.05, 3.63) is 52.1 Å². The van der Waals surface area contributed by atoms with Crippen LogP contribution in [0.15, 0.2) is 36.4 Å². The van der Waals surface area contributed by atoms with Gasteiger partial charge in [-0.25, -0.2) is 4.79 Å². The van der Waals surface area contributed by atoms with Gasteiger partial charge in [0.05, 0.1) is 23.2 Å². The quantitative estimate of drug-likeness (QED) is 0.205. The Morgan fingerprint density at radius 2 is 1.86 bits per heavy atom. The predicted octanol–water partition coefficient (Wildman–Crippen LogP) is 6.32. The van der Waals surface area contributed by atoms with Crippen LogP contribution in [0.4, 0.5) is 5.69 Å². The third-order valence-corrected chi connectivity index (χ3v) is 10.7. The third-order valence-electron chi connectivity index (χ3n) is 10.7. The monoisotopic (exact) mass is 509 g/mol. The van der Waals surface area contributed by atoms with Crippen molar-refractivity contribution in [2.24, 2.45) is 40.9 Å². The minimum Gasteiger partial charge on any atom is -0.459 e. The Bertz CT molecular complexity index is 1080. The van der Waals surface area contributed by atoms with Crippen LogP contribution in [0.5, 0.6) is 0 Å². The molecule has 1 spiro atoms. The van der Waals surface area contributed by atoms with Crippen LogP contribution >= 0.6 is 0 Å². The van der Waals surface area contributed by atoms with Crippen LogP contribution in [0.25, 0.3) is 0 Å². The Morgan fingerprint density at radius 3 is 2.57 bits per heavy atom. The topological polar surface area (TPSA) is 87.9 Å². The second-order valence-corrected chi connectivity index (χ2v) is 12.7. The number of nitro groups is 1. The van der Waals surface area contributed by atoms with Gasteiger partial charge in [-0.1, -0.05) is 32.9 Å². The number of non-ortho nitro benzene ring substituents is 1. The Labute approximate surface area is 219 Å². The summed E-state index contributed by atoms with van der Waals surface area (Å²) in [5.41, 5.74) is 0.500. The van der Waals surface area contributed by atoms with Crippen LogP contribution in [-0.4, -0.2) is 35.5 Å². The molecule has 0 radical (unpaired) electrons. The van der Waals surface area contributed by atoms with Crippen molar-refractivity contribution >= 4 is 11.7 Å². The molecule has 0 bridgehead atoms. The maximum atomic E-state index is 12.7. The first-order valence-electron chi connectivity index (χ1n) is 14.2. The number of fused-ring (bicyclic) bond motifs is 5. The number of carbonyl (C=O) groups is 1. The van der Waals surface area contributed by atoms with E-state index < -0.39 is 16.7 Å². The first-order valence-corrected chi connectivity index (χ1v) is 14.2. The van der Waals surface area contributed by atoms with Gasteiger partial charge in [-0.2, -0.15) is 0 Å². The van der Waals surface area contributed by atoms with Crippen molar-refractivity contribution in [3.8, 4) is 0 Å². The van der Waals surface area contributed by atoms with Crippen molar-refractivity contribution < 1.29 is 23.9 Å². The second-order valence-electron chi connectivity index (χ2n) is 12.7. The van der Waals surface area contributed by atoms with E-state index in [2.05, 4.69) is 32.9 Å². The number of esters is 1. The molecule has 6 rings (SSSR count). The summed E-state index contributed by atoms with van der Waals surface area (Å²) in [5.74, 6) is 2.15. The predicted molar refractivity (Wildman–Crippen MR) is 138 cm³/mol. The molecule has 4 fully saturated rings. The molecular formula is C30H39NO6. The SMILES string of the molecule is CC1CCC2(OC1)OC1C3C=CC4CC(OC(=O)c5ccc([N+](=O)[O-])cc5)CCC4(C)C3CCC1C2C. The number of allylic oxidation sites excluding steroid dienone is 1. The van der Waals surface area contributed by atoms with Crippen LogP contribution in [0.3, 0.4) is 0 Å². The number of benzene rings is 1. The van der Waals surface area contributed by atoms with E-state index in [0.717, 1.165) is 32.3 Å². The lowest BCUT2D eigenvalue weighted by molar-refractivity contribution is -0.384. The van der Waals surface area contributed by atoms with Gasteiger partial charge in [0.2, 0.25) is 0 Å². The summed E-state index contributed by atoms with van der Waals surface area (Å²) in [6, 6.07) is 5.65. The molecule has 2 saturated heterocycles. The first-order chi connectivity index (χ1) is 17.7. The van der Waals surface area contributed by atoms with Gasteiger partial charge >= 0.3 is 5.97 Å². The minimum absolute atomic E-state index is 0.0298. The highest BCUT2D eigenvalue weighted by Crippen LogP contribution is 2.62. The van der Waals surface area contributed by atoms with Gasteiger partial charge < -0.3 is 14.2 Å². The van der Waals surface area contributed by atoms with Gasteiger partial charge in [-0.3, -0.25) is 10.1 Å². The van der Waals surface area contributed by atoms with Gasteiger partial charge in [-0.15, -0.1) is 0 Å². The number of ether oxygens (including phenoxy) is 3.